The molecule has 0 unspecified atom stereocenters. The predicted octanol–water partition coefficient (Wildman–Crippen LogP) is 3.65. The summed E-state index contributed by atoms with van der Waals surface area (Å²) in [5.74, 6) is 0.462. The first-order valence-electron chi connectivity index (χ1n) is 7.54. The van der Waals surface area contributed by atoms with Gasteiger partial charge in [-0.3, -0.25) is 4.79 Å². The summed E-state index contributed by atoms with van der Waals surface area (Å²) in [4.78, 5) is 12.0. The minimum absolute atomic E-state index is 0.194. The lowest BCUT2D eigenvalue weighted by atomic mass is 10.1. The van der Waals surface area contributed by atoms with E-state index in [1.54, 1.807) is 19.9 Å². The molecule has 0 radical (unpaired) electrons. The maximum absolute atomic E-state index is 12.1. The Balaban J connectivity index is 1.85. The molecule has 1 aromatic carbocycles. The number of ether oxygens (including phenoxy) is 1. The Morgan fingerprint density at radius 1 is 1.28 bits per heavy atom. The average Bonchev–Trinajstić information content (AvgIpc) is 2.85. The van der Waals surface area contributed by atoms with Gasteiger partial charge in [0.1, 0.15) is 17.3 Å². The van der Waals surface area contributed by atoms with Crippen LogP contribution in [0.5, 0.6) is 5.75 Å². The Labute approximate surface area is 142 Å². The molecule has 1 amide bonds. The lowest BCUT2D eigenvalue weighted by Gasteiger charge is -2.11. The van der Waals surface area contributed by atoms with E-state index in [4.69, 9.17) is 4.42 Å². The molecule has 0 aliphatic carbocycles. The highest BCUT2D eigenvalue weighted by molar-refractivity contribution is 5.94. The van der Waals surface area contributed by atoms with E-state index in [0.29, 0.717) is 17.1 Å². The van der Waals surface area contributed by atoms with Crippen molar-refractivity contribution in [2.24, 2.45) is 0 Å². The maximum Gasteiger partial charge on any atom is 0.573 e. The van der Waals surface area contributed by atoms with Gasteiger partial charge in [-0.05, 0) is 50.6 Å². The number of carbonyl (C=O) groups is 1. The van der Waals surface area contributed by atoms with Gasteiger partial charge in [0.15, 0.2) is 0 Å². The second kappa shape index (κ2) is 7.60. The summed E-state index contributed by atoms with van der Waals surface area (Å²) in [6, 6.07) is 6.33. The Morgan fingerprint density at radius 3 is 2.44 bits per heavy atom. The topological polar surface area (TPSA) is 71.7 Å². The molecule has 136 valence electrons. The molecule has 0 aliphatic rings. The lowest BCUT2D eigenvalue weighted by Crippen LogP contribution is -2.25. The van der Waals surface area contributed by atoms with Crippen LogP contribution in [0.15, 0.2) is 34.7 Å². The number of aliphatic hydroxyl groups excluding tert-OH is 1. The number of carbonyl (C=O) groups excluding carboxylic acids is 1. The highest BCUT2D eigenvalue weighted by Gasteiger charge is 2.31. The van der Waals surface area contributed by atoms with Crippen LogP contribution in [0, 0.1) is 13.8 Å². The predicted molar refractivity (Wildman–Crippen MR) is 83.2 cm³/mol. The minimum Gasteiger partial charge on any atom is -0.466 e. The van der Waals surface area contributed by atoms with E-state index < -0.39 is 24.1 Å². The zero-order valence-electron chi connectivity index (χ0n) is 13.7. The van der Waals surface area contributed by atoms with Crippen LogP contribution in [-0.2, 0) is 0 Å². The quantitative estimate of drug-likeness (QED) is 0.828. The van der Waals surface area contributed by atoms with Crippen LogP contribution in [0.2, 0.25) is 0 Å². The van der Waals surface area contributed by atoms with Crippen molar-refractivity contribution in [1.29, 1.82) is 0 Å². The fourth-order valence-corrected chi connectivity index (χ4v) is 2.37. The van der Waals surface area contributed by atoms with Crippen molar-refractivity contribution >= 4 is 5.91 Å². The highest BCUT2D eigenvalue weighted by Crippen LogP contribution is 2.24. The van der Waals surface area contributed by atoms with Crippen LogP contribution in [0.3, 0.4) is 0 Å². The summed E-state index contributed by atoms with van der Waals surface area (Å²) < 4.78 is 45.3. The Hall–Kier alpha value is -2.48. The fraction of sp³-hybridized carbons (Fsp3) is 0.353. The first kappa shape index (κ1) is 18.9. The molecule has 0 bridgehead atoms. The van der Waals surface area contributed by atoms with Crippen LogP contribution in [0.4, 0.5) is 13.2 Å². The lowest BCUT2D eigenvalue weighted by molar-refractivity contribution is -0.274. The smallest absolute Gasteiger partial charge is 0.466 e. The van der Waals surface area contributed by atoms with E-state index in [1.165, 1.54) is 12.1 Å². The number of benzene rings is 1. The van der Waals surface area contributed by atoms with Gasteiger partial charge in [0.2, 0.25) is 0 Å². The summed E-state index contributed by atoms with van der Waals surface area (Å²) in [7, 11) is 0. The van der Waals surface area contributed by atoms with Crippen LogP contribution < -0.4 is 10.1 Å². The van der Waals surface area contributed by atoms with Crippen LogP contribution in [0.25, 0.3) is 0 Å². The number of amides is 1. The molecular formula is C17H18F3NO4. The highest BCUT2D eigenvalue weighted by atomic mass is 19.4. The summed E-state index contributed by atoms with van der Waals surface area (Å²) in [6.07, 6.45) is -5.27. The molecule has 5 nitrogen and oxygen atoms in total. The van der Waals surface area contributed by atoms with E-state index in [1.807, 2.05) is 0 Å². The van der Waals surface area contributed by atoms with Gasteiger partial charge >= 0.3 is 6.36 Å². The SMILES string of the molecule is Cc1cc([C@@H](O)CCNC(=O)c2ccc(OC(F)(F)F)cc2)c(C)o1. The number of hydrogen-bond acceptors (Lipinski definition) is 4. The Kier molecular flexibility index (Phi) is 5.73. The number of aliphatic hydroxyl groups is 1. The third-order valence-electron chi connectivity index (χ3n) is 3.49. The van der Waals surface area contributed by atoms with Crippen molar-refractivity contribution < 1.29 is 32.2 Å². The number of hydrogen-bond donors (Lipinski definition) is 2. The van der Waals surface area contributed by atoms with Gasteiger partial charge in [0.25, 0.3) is 5.91 Å². The van der Waals surface area contributed by atoms with E-state index in [-0.39, 0.29) is 18.5 Å². The molecule has 1 aromatic heterocycles. The van der Waals surface area contributed by atoms with Gasteiger partial charge in [-0.2, -0.15) is 0 Å². The van der Waals surface area contributed by atoms with Crippen LogP contribution >= 0.6 is 0 Å². The first-order chi connectivity index (χ1) is 11.7. The number of halogens is 3. The van der Waals surface area contributed by atoms with Gasteiger partial charge < -0.3 is 19.6 Å². The largest absolute Gasteiger partial charge is 0.573 e. The molecule has 0 spiro atoms. The zero-order valence-corrected chi connectivity index (χ0v) is 13.7. The number of alkyl halides is 3. The van der Waals surface area contributed by atoms with E-state index in [9.17, 15) is 23.1 Å². The monoisotopic (exact) mass is 357 g/mol. The van der Waals surface area contributed by atoms with Gasteiger partial charge in [-0.25, -0.2) is 0 Å². The van der Waals surface area contributed by atoms with Gasteiger partial charge in [0, 0.05) is 17.7 Å². The second-order valence-electron chi connectivity index (χ2n) is 5.50. The normalized spacial score (nSPS) is 12.7. The van der Waals surface area contributed by atoms with Crippen LogP contribution in [-0.4, -0.2) is 23.9 Å². The van der Waals surface area contributed by atoms with Crippen molar-refractivity contribution in [2.75, 3.05) is 6.54 Å². The third-order valence-corrected chi connectivity index (χ3v) is 3.49. The second-order valence-corrected chi connectivity index (χ2v) is 5.50. The molecule has 1 heterocycles. The maximum atomic E-state index is 12.1. The van der Waals surface area contributed by atoms with Gasteiger partial charge in [-0.1, -0.05) is 0 Å². The molecule has 2 aromatic rings. The summed E-state index contributed by atoms with van der Waals surface area (Å²) in [5, 5.41) is 12.7. The molecular weight excluding hydrogens is 339 g/mol. The summed E-state index contributed by atoms with van der Waals surface area (Å²) in [6.45, 7) is 3.72. The summed E-state index contributed by atoms with van der Waals surface area (Å²) >= 11 is 0. The van der Waals surface area contributed by atoms with Gasteiger partial charge in [-0.15, -0.1) is 13.2 Å². The number of aryl methyl sites for hydroxylation is 2. The molecule has 0 saturated carbocycles. The van der Waals surface area contributed by atoms with Gasteiger partial charge in [0.05, 0.1) is 6.10 Å². The van der Waals surface area contributed by atoms with E-state index in [0.717, 1.165) is 12.1 Å². The zero-order chi connectivity index (χ0) is 18.6. The third kappa shape index (κ3) is 5.53. The fourth-order valence-electron chi connectivity index (χ4n) is 2.37. The standard InChI is InChI=1S/C17H18F3NO4/c1-10-9-14(11(2)24-10)15(22)7-8-21-16(23)12-3-5-13(6-4-12)25-17(18,19)20/h3-6,9,15,22H,7-8H2,1-2H3,(H,21,23)/t15-/m0/s1. The number of furan rings is 1. The van der Waals surface area contributed by atoms with E-state index >= 15 is 0 Å². The van der Waals surface area contributed by atoms with Crippen molar-refractivity contribution in [3.05, 3.63) is 53.0 Å². The van der Waals surface area contributed by atoms with Crippen molar-refractivity contribution in [3.63, 3.8) is 0 Å². The molecule has 0 fully saturated rings. The van der Waals surface area contributed by atoms with Crippen molar-refractivity contribution in [2.45, 2.75) is 32.7 Å². The Morgan fingerprint density at radius 2 is 1.92 bits per heavy atom. The molecule has 8 heteroatoms. The number of nitrogens with one attached hydrogen (secondary N) is 1. The Bertz CT molecular complexity index is 722. The minimum atomic E-state index is -4.77. The molecule has 0 saturated heterocycles. The average molecular weight is 357 g/mol. The molecule has 2 N–H and O–H groups in total. The van der Waals surface area contributed by atoms with Crippen molar-refractivity contribution in [1.82, 2.24) is 5.32 Å². The molecule has 2 rings (SSSR count). The summed E-state index contributed by atoms with van der Waals surface area (Å²) in [5.41, 5.74) is 0.861. The number of rotatable bonds is 6. The molecule has 0 aliphatic heterocycles. The first-order valence-corrected chi connectivity index (χ1v) is 7.54. The van der Waals surface area contributed by atoms with E-state index in [2.05, 4.69) is 10.1 Å². The van der Waals surface area contributed by atoms with Crippen molar-refractivity contribution in [3.8, 4) is 5.75 Å². The van der Waals surface area contributed by atoms with Crippen LogP contribution in [0.1, 0.15) is 40.0 Å². The molecule has 25 heavy (non-hydrogen) atoms. The molecule has 1 atom stereocenters.